The number of amides is 2. The monoisotopic (exact) mass is 544 g/mol. The van der Waals surface area contributed by atoms with E-state index in [9.17, 15) is 9.59 Å². The number of carbonyl (C=O) groups is 2. The normalized spacial score (nSPS) is 10.3. The smallest absolute Gasteiger partial charge is 0.224 e. The van der Waals surface area contributed by atoms with E-state index >= 15 is 0 Å². The van der Waals surface area contributed by atoms with Gasteiger partial charge < -0.3 is 30.7 Å². The van der Waals surface area contributed by atoms with Crippen molar-refractivity contribution in [2.24, 2.45) is 0 Å². The van der Waals surface area contributed by atoms with Crippen LogP contribution in [-0.2, 0) is 9.59 Å². The SMILES string of the molecule is CC(=O)NCCNc1nc(Cl)ncc1OC(C)C.CC(=O)NCCNc1nc(Cl)ncc1OC(C)C. The van der Waals surface area contributed by atoms with Gasteiger partial charge in [-0.3, -0.25) is 9.59 Å². The second kappa shape index (κ2) is 16.5. The van der Waals surface area contributed by atoms with Crippen molar-refractivity contribution >= 4 is 46.7 Å². The van der Waals surface area contributed by atoms with Gasteiger partial charge in [-0.1, -0.05) is 0 Å². The first kappa shape index (κ1) is 30.9. The van der Waals surface area contributed by atoms with Crippen LogP contribution in [0.3, 0.4) is 0 Å². The summed E-state index contributed by atoms with van der Waals surface area (Å²) in [6.45, 7) is 12.6. The van der Waals surface area contributed by atoms with E-state index in [1.165, 1.54) is 26.2 Å². The number of aromatic nitrogens is 4. The summed E-state index contributed by atoms with van der Waals surface area (Å²) in [5.74, 6) is 1.98. The topological polar surface area (TPSA) is 152 Å². The van der Waals surface area contributed by atoms with Crippen molar-refractivity contribution < 1.29 is 19.1 Å². The van der Waals surface area contributed by atoms with E-state index in [2.05, 4.69) is 41.2 Å². The number of ether oxygens (including phenoxy) is 2. The molecule has 0 aliphatic heterocycles. The zero-order chi connectivity index (χ0) is 27.1. The van der Waals surface area contributed by atoms with Crippen molar-refractivity contribution in [3.8, 4) is 11.5 Å². The molecule has 0 unspecified atom stereocenters. The molecule has 0 aromatic carbocycles. The Bertz CT molecular complexity index is 902. The molecule has 4 N–H and O–H groups in total. The van der Waals surface area contributed by atoms with Crippen molar-refractivity contribution in [3.63, 3.8) is 0 Å². The van der Waals surface area contributed by atoms with Crippen LogP contribution in [0.4, 0.5) is 11.6 Å². The van der Waals surface area contributed by atoms with Gasteiger partial charge in [0.1, 0.15) is 0 Å². The average Bonchev–Trinajstić information content (AvgIpc) is 2.77. The molecule has 2 aromatic rings. The first-order valence-corrected chi connectivity index (χ1v) is 12.1. The van der Waals surface area contributed by atoms with Gasteiger partial charge in [0.25, 0.3) is 0 Å². The van der Waals surface area contributed by atoms with Crippen molar-refractivity contribution in [3.05, 3.63) is 23.0 Å². The van der Waals surface area contributed by atoms with Gasteiger partial charge in [0.2, 0.25) is 22.4 Å². The summed E-state index contributed by atoms with van der Waals surface area (Å²) in [4.78, 5) is 37.3. The van der Waals surface area contributed by atoms with Crippen LogP contribution in [0, 0.1) is 0 Å². The molecule has 14 heteroatoms. The second-order valence-corrected chi connectivity index (χ2v) is 8.53. The van der Waals surface area contributed by atoms with Crippen LogP contribution in [0.2, 0.25) is 10.6 Å². The molecule has 2 heterocycles. The first-order chi connectivity index (χ1) is 17.0. The lowest BCUT2D eigenvalue weighted by atomic mass is 10.4. The average molecular weight is 545 g/mol. The molecule has 0 bridgehead atoms. The molecule has 200 valence electrons. The van der Waals surface area contributed by atoms with Crippen molar-refractivity contribution in [1.29, 1.82) is 0 Å². The Morgan fingerprint density at radius 1 is 0.750 bits per heavy atom. The van der Waals surface area contributed by atoms with Crippen LogP contribution < -0.4 is 30.7 Å². The second-order valence-electron chi connectivity index (χ2n) is 7.86. The third kappa shape index (κ3) is 13.7. The minimum absolute atomic E-state index is 0.0191. The van der Waals surface area contributed by atoms with Crippen LogP contribution in [0.5, 0.6) is 11.5 Å². The predicted octanol–water partition coefficient (Wildman–Crippen LogP) is 2.93. The van der Waals surface area contributed by atoms with E-state index in [-0.39, 0.29) is 34.6 Å². The number of halogens is 2. The van der Waals surface area contributed by atoms with Gasteiger partial charge in [-0.2, -0.15) is 9.97 Å². The summed E-state index contributed by atoms with van der Waals surface area (Å²) in [5, 5.41) is 11.7. The van der Waals surface area contributed by atoms with Crippen LogP contribution in [0.15, 0.2) is 12.4 Å². The van der Waals surface area contributed by atoms with E-state index in [0.29, 0.717) is 49.3 Å². The molecule has 2 amide bonds. The molecule has 12 nitrogen and oxygen atoms in total. The Morgan fingerprint density at radius 3 is 1.42 bits per heavy atom. The summed E-state index contributed by atoms with van der Waals surface area (Å²) in [7, 11) is 0. The molecule has 0 aliphatic rings. The fourth-order valence-corrected chi connectivity index (χ4v) is 2.74. The minimum Gasteiger partial charge on any atom is -0.486 e. The highest BCUT2D eigenvalue weighted by atomic mass is 35.5. The standard InChI is InChI=1S/2C11H17ClN4O2/c2*1-7(2)18-9-6-15-11(12)16-10(9)14-5-4-13-8(3)17/h2*6-7H,4-5H2,1-3H3,(H,13,17)(H,14,15,16). The fraction of sp³-hybridized carbons (Fsp3) is 0.545. The third-order valence-electron chi connectivity index (χ3n) is 3.76. The number of nitrogens with zero attached hydrogens (tertiary/aromatic N) is 4. The molecule has 0 fully saturated rings. The highest BCUT2D eigenvalue weighted by Gasteiger charge is 2.10. The third-order valence-corrected chi connectivity index (χ3v) is 4.12. The summed E-state index contributed by atoms with van der Waals surface area (Å²) in [5.41, 5.74) is 0. The number of hydrogen-bond acceptors (Lipinski definition) is 10. The molecule has 0 saturated carbocycles. The molecular weight excluding hydrogens is 511 g/mol. The van der Waals surface area contributed by atoms with Gasteiger partial charge in [-0.15, -0.1) is 0 Å². The van der Waals surface area contributed by atoms with Crippen LogP contribution in [0.25, 0.3) is 0 Å². The van der Waals surface area contributed by atoms with Gasteiger partial charge in [0.05, 0.1) is 24.6 Å². The van der Waals surface area contributed by atoms with Crippen LogP contribution >= 0.6 is 23.2 Å². The van der Waals surface area contributed by atoms with E-state index in [1.807, 2.05) is 27.7 Å². The zero-order valence-electron chi connectivity index (χ0n) is 21.3. The molecule has 2 rings (SSSR count). The van der Waals surface area contributed by atoms with E-state index < -0.39 is 0 Å². The molecule has 0 saturated heterocycles. The number of anilines is 2. The Balaban J connectivity index is 0.000000360. The number of rotatable bonds is 12. The maximum Gasteiger partial charge on any atom is 0.224 e. The predicted molar refractivity (Wildman–Crippen MR) is 140 cm³/mol. The van der Waals surface area contributed by atoms with Crippen molar-refractivity contribution in [2.45, 2.75) is 53.8 Å². The maximum absolute atomic E-state index is 10.7. The van der Waals surface area contributed by atoms with Gasteiger partial charge in [0.15, 0.2) is 23.1 Å². The Hall–Kier alpha value is -3.12. The van der Waals surface area contributed by atoms with Crippen molar-refractivity contribution in [1.82, 2.24) is 30.6 Å². The van der Waals surface area contributed by atoms with Gasteiger partial charge in [-0.25, -0.2) is 9.97 Å². The van der Waals surface area contributed by atoms with Crippen molar-refractivity contribution in [2.75, 3.05) is 36.8 Å². The summed E-state index contributed by atoms with van der Waals surface area (Å²) in [6, 6.07) is 0. The first-order valence-electron chi connectivity index (χ1n) is 11.3. The Morgan fingerprint density at radius 2 is 1.11 bits per heavy atom. The molecule has 0 radical (unpaired) electrons. The van der Waals surface area contributed by atoms with Gasteiger partial charge in [-0.05, 0) is 50.9 Å². The highest BCUT2D eigenvalue weighted by Crippen LogP contribution is 2.24. The minimum atomic E-state index is -0.0730. The summed E-state index contributed by atoms with van der Waals surface area (Å²) < 4.78 is 11.1. The molecule has 2 aromatic heterocycles. The quantitative estimate of drug-likeness (QED) is 0.231. The van der Waals surface area contributed by atoms with E-state index in [4.69, 9.17) is 32.7 Å². The maximum atomic E-state index is 10.7. The number of carbonyl (C=O) groups excluding carboxylic acids is 2. The molecule has 0 spiro atoms. The Kier molecular flexibility index (Phi) is 14.2. The fourth-order valence-electron chi connectivity index (χ4n) is 2.47. The van der Waals surface area contributed by atoms with Gasteiger partial charge in [0, 0.05) is 40.0 Å². The highest BCUT2D eigenvalue weighted by molar-refractivity contribution is 6.28. The lowest BCUT2D eigenvalue weighted by Gasteiger charge is -2.14. The summed E-state index contributed by atoms with van der Waals surface area (Å²) >= 11 is 11.5. The van der Waals surface area contributed by atoms with Crippen LogP contribution in [-0.4, -0.2) is 70.1 Å². The zero-order valence-corrected chi connectivity index (χ0v) is 22.8. The molecule has 0 atom stereocenters. The number of hydrogen-bond donors (Lipinski definition) is 4. The molecule has 0 aliphatic carbocycles. The van der Waals surface area contributed by atoms with E-state index in [0.717, 1.165) is 0 Å². The Labute approximate surface area is 221 Å². The lowest BCUT2D eigenvalue weighted by molar-refractivity contribution is -0.119. The van der Waals surface area contributed by atoms with Gasteiger partial charge >= 0.3 is 0 Å². The molecular formula is C22H34Cl2N8O4. The number of nitrogens with one attached hydrogen (secondary N) is 4. The molecule has 36 heavy (non-hydrogen) atoms. The van der Waals surface area contributed by atoms with Crippen LogP contribution in [0.1, 0.15) is 41.5 Å². The lowest BCUT2D eigenvalue weighted by Crippen LogP contribution is -2.26. The summed E-state index contributed by atoms with van der Waals surface area (Å²) in [6.07, 6.45) is 3.09. The van der Waals surface area contributed by atoms with E-state index in [1.54, 1.807) is 0 Å². The largest absolute Gasteiger partial charge is 0.486 e.